The fourth-order valence-electron chi connectivity index (χ4n) is 5.93. The normalized spacial score (nSPS) is 20.2. The maximum Gasteiger partial charge on any atom is 0.237 e. The number of halogens is 1. The molecule has 3 aromatic rings. The monoisotopic (exact) mass is 475 g/mol. The molecule has 1 fully saturated rings. The molecule has 1 aromatic carbocycles. The van der Waals surface area contributed by atoms with E-state index in [1.54, 1.807) is 12.3 Å². The minimum Gasteiger partial charge on any atom is -0.394 e. The molecule has 7 nitrogen and oxygen atoms in total. The standard InChI is InChI=1S/C27H30FN5O2/c1-31-14-22-25-20(21-13-18(28)4-5-23(21)31)6-9-29-27(25)30-26(22)17-7-11-32(12-8-17)15-24(35)33-10-2-3-19(33)16-34/h4-7,9,13,19,34H,2-3,8,10-12,14-16H2,1H3,(H,29,30)/t19-/m1/s1. The summed E-state index contributed by atoms with van der Waals surface area (Å²) in [6.45, 7) is 3.37. The molecule has 5 heterocycles. The third kappa shape index (κ3) is 3.81. The van der Waals surface area contributed by atoms with E-state index in [0.29, 0.717) is 19.6 Å². The van der Waals surface area contributed by atoms with Crippen LogP contribution in [0.25, 0.3) is 27.7 Å². The zero-order valence-electron chi connectivity index (χ0n) is 19.9. The van der Waals surface area contributed by atoms with Crippen molar-refractivity contribution in [3.05, 3.63) is 53.6 Å². The van der Waals surface area contributed by atoms with Gasteiger partial charge in [-0.25, -0.2) is 9.37 Å². The molecule has 0 aliphatic carbocycles. The van der Waals surface area contributed by atoms with Crippen molar-refractivity contribution in [3.63, 3.8) is 0 Å². The third-order valence-corrected chi connectivity index (χ3v) is 7.73. The fraction of sp³-hybridized carbons (Fsp3) is 0.407. The number of H-pyrrole nitrogens is 1. The number of rotatable bonds is 4. The molecule has 0 spiro atoms. The maximum absolute atomic E-state index is 14.2. The number of carbonyl (C=O) groups excluding carboxylic acids is 1. The molecule has 1 atom stereocenters. The molecular formula is C27H30FN5O2. The van der Waals surface area contributed by atoms with Crippen LogP contribution in [0.3, 0.4) is 0 Å². The molecule has 6 rings (SSSR count). The van der Waals surface area contributed by atoms with Gasteiger partial charge in [0.15, 0.2) is 0 Å². The van der Waals surface area contributed by atoms with Gasteiger partial charge in [-0.2, -0.15) is 0 Å². The Balaban J connectivity index is 1.29. The number of fused-ring (bicyclic) bond motifs is 2. The van der Waals surface area contributed by atoms with Gasteiger partial charge in [-0.3, -0.25) is 9.69 Å². The van der Waals surface area contributed by atoms with E-state index in [1.165, 1.54) is 17.2 Å². The van der Waals surface area contributed by atoms with Gasteiger partial charge in [0.25, 0.3) is 0 Å². The molecule has 8 heteroatoms. The van der Waals surface area contributed by atoms with Gasteiger partial charge in [0.05, 0.1) is 19.2 Å². The third-order valence-electron chi connectivity index (χ3n) is 7.73. The van der Waals surface area contributed by atoms with Crippen LogP contribution in [0.15, 0.2) is 36.5 Å². The van der Waals surface area contributed by atoms with Crippen molar-refractivity contribution in [1.82, 2.24) is 19.8 Å². The average Bonchev–Trinajstić information content (AvgIpc) is 3.46. The second kappa shape index (κ2) is 8.77. The molecule has 1 saturated heterocycles. The van der Waals surface area contributed by atoms with Crippen LogP contribution in [0.5, 0.6) is 0 Å². The molecule has 0 radical (unpaired) electrons. The molecule has 3 aliphatic heterocycles. The van der Waals surface area contributed by atoms with Gasteiger partial charge in [0.2, 0.25) is 5.91 Å². The molecule has 0 saturated carbocycles. The van der Waals surface area contributed by atoms with E-state index in [0.717, 1.165) is 65.9 Å². The summed E-state index contributed by atoms with van der Waals surface area (Å²) in [7, 11) is 2.04. The number of nitrogens with zero attached hydrogens (tertiary/aromatic N) is 4. The second-order valence-electron chi connectivity index (χ2n) is 9.86. The smallest absolute Gasteiger partial charge is 0.237 e. The summed E-state index contributed by atoms with van der Waals surface area (Å²) in [5.41, 5.74) is 7.21. The van der Waals surface area contributed by atoms with Gasteiger partial charge in [-0.05, 0) is 54.7 Å². The van der Waals surface area contributed by atoms with Crippen molar-refractivity contribution in [3.8, 4) is 11.1 Å². The molecule has 35 heavy (non-hydrogen) atoms. The summed E-state index contributed by atoms with van der Waals surface area (Å²) in [5.74, 6) is -0.138. The molecular weight excluding hydrogens is 445 g/mol. The number of pyridine rings is 1. The summed E-state index contributed by atoms with van der Waals surface area (Å²) in [5, 5.41) is 10.6. The lowest BCUT2D eigenvalue weighted by Crippen LogP contribution is -2.44. The summed E-state index contributed by atoms with van der Waals surface area (Å²) in [4.78, 5) is 27.1. The predicted octanol–water partition coefficient (Wildman–Crippen LogP) is 3.39. The van der Waals surface area contributed by atoms with E-state index in [2.05, 4.69) is 25.8 Å². The van der Waals surface area contributed by atoms with E-state index in [-0.39, 0.29) is 24.4 Å². The number of amides is 1. The zero-order valence-corrected chi connectivity index (χ0v) is 19.9. The van der Waals surface area contributed by atoms with E-state index >= 15 is 0 Å². The van der Waals surface area contributed by atoms with Crippen molar-refractivity contribution < 1.29 is 14.3 Å². The van der Waals surface area contributed by atoms with Crippen molar-refractivity contribution in [2.75, 3.05) is 44.7 Å². The quantitative estimate of drug-likeness (QED) is 0.605. The Kier molecular flexibility index (Phi) is 5.57. The first-order valence-electron chi connectivity index (χ1n) is 12.4. The number of aromatic amines is 1. The van der Waals surface area contributed by atoms with Crippen LogP contribution in [0, 0.1) is 5.82 Å². The van der Waals surface area contributed by atoms with Crippen molar-refractivity contribution in [2.24, 2.45) is 0 Å². The lowest BCUT2D eigenvalue weighted by molar-refractivity contribution is -0.133. The number of benzene rings is 1. The molecule has 0 unspecified atom stereocenters. The number of aliphatic hydroxyl groups is 1. The van der Waals surface area contributed by atoms with Gasteiger partial charge in [-0.15, -0.1) is 0 Å². The fourth-order valence-corrected chi connectivity index (χ4v) is 5.93. The Morgan fingerprint density at radius 3 is 2.94 bits per heavy atom. The van der Waals surface area contributed by atoms with Crippen LogP contribution in [-0.4, -0.2) is 76.7 Å². The zero-order chi connectivity index (χ0) is 24.1. The van der Waals surface area contributed by atoms with Crippen LogP contribution >= 0.6 is 0 Å². The highest BCUT2D eigenvalue weighted by Crippen LogP contribution is 2.43. The summed E-state index contributed by atoms with van der Waals surface area (Å²) in [6.07, 6.45) is 6.67. The number of likely N-dealkylation sites (tertiary alicyclic amines) is 1. The average molecular weight is 476 g/mol. The van der Waals surface area contributed by atoms with Crippen LogP contribution in [0.4, 0.5) is 10.1 Å². The molecule has 2 aromatic heterocycles. The van der Waals surface area contributed by atoms with Gasteiger partial charge in [-0.1, -0.05) is 6.08 Å². The SMILES string of the molecule is CN1Cc2c(C3=CCN(CC(=O)N4CCC[C@@H]4CO)CC3)[nH]c3nccc(c23)-c2cc(F)ccc21. The van der Waals surface area contributed by atoms with Crippen LogP contribution in [0.1, 0.15) is 30.5 Å². The minimum atomic E-state index is -0.245. The van der Waals surface area contributed by atoms with E-state index in [4.69, 9.17) is 0 Å². The van der Waals surface area contributed by atoms with Gasteiger partial charge in [0, 0.05) is 67.3 Å². The molecule has 3 aliphatic rings. The largest absolute Gasteiger partial charge is 0.394 e. The van der Waals surface area contributed by atoms with Gasteiger partial charge in [0.1, 0.15) is 11.5 Å². The van der Waals surface area contributed by atoms with Crippen LogP contribution in [0.2, 0.25) is 0 Å². The van der Waals surface area contributed by atoms with Crippen molar-refractivity contribution in [2.45, 2.75) is 31.8 Å². The van der Waals surface area contributed by atoms with Crippen LogP contribution < -0.4 is 4.90 Å². The summed E-state index contributed by atoms with van der Waals surface area (Å²) in [6, 6.07) is 6.92. The Morgan fingerprint density at radius 1 is 1.26 bits per heavy atom. The van der Waals surface area contributed by atoms with Gasteiger partial charge >= 0.3 is 0 Å². The minimum absolute atomic E-state index is 0.0296. The maximum atomic E-state index is 14.2. The lowest BCUT2D eigenvalue weighted by atomic mass is 9.97. The summed E-state index contributed by atoms with van der Waals surface area (Å²) < 4.78 is 14.2. The highest BCUT2D eigenvalue weighted by atomic mass is 19.1. The number of carbonyl (C=O) groups is 1. The molecule has 1 amide bonds. The topological polar surface area (TPSA) is 75.7 Å². The molecule has 182 valence electrons. The number of aliphatic hydroxyl groups excluding tert-OH is 1. The molecule has 0 bridgehead atoms. The Labute approximate surface area is 203 Å². The first kappa shape index (κ1) is 22.2. The first-order chi connectivity index (χ1) is 17.0. The number of nitrogens with one attached hydrogen (secondary N) is 1. The van der Waals surface area contributed by atoms with Crippen LogP contribution in [-0.2, 0) is 11.3 Å². The highest BCUT2D eigenvalue weighted by Gasteiger charge is 2.30. The molecule has 2 N–H and O–H groups in total. The Hall–Kier alpha value is -3.23. The van der Waals surface area contributed by atoms with E-state index < -0.39 is 0 Å². The highest BCUT2D eigenvalue weighted by molar-refractivity contribution is 6.02. The number of anilines is 1. The second-order valence-corrected chi connectivity index (χ2v) is 9.86. The summed E-state index contributed by atoms with van der Waals surface area (Å²) >= 11 is 0. The number of hydrogen-bond donors (Lipinski definition) is 2. The number of aromatic nitrogens is 2. The lowest BCUT2D eigenvalue weighted by Gasteiger charge is -2.30. The van der Waals surface area contributed by atoms with E-state index in [1.807, 2.05) is 24.1 Å². The van der Waals surface area contributed by atoms with Crippen molar-refractivity contribution in [1.29, 1.82) is 0 Å². The van der Waals surface area contributed by atoms with Gasteiger partial charge < -0.3 is 19.9 Å². The Morgan fingerprint density at radius 2 is 2.14 bits per heavy atom. The predicted molar refractivity (Wildman–Crippen MR) is 134 cm³/mol. The Bertz CT molecular complexity index is 1330. The number of hydrogen-bond acceptors (Lipinski definition) is 5. The van der Waals surface area contributed by atoms with E-state index in [9.17, 15) is 14.3 Å². The first-order valence-corrected chi connectivity index (χ1v) is 12.4. The van der Waals surface area contributed by atoms with Crippen molar-refractivity contribution >= 4 is 28.2 Å².